The van der Waals surface area contributed by atoms with Gasteiger partial charge in [0.05, 0.1) is 6.61 Å². The molecule has 0 aromatic rings. The summed E-state index contributed by atoms with van der Waals surface area (Å²) in [5.74, 6) is 0.969. The molecule has 3 unspecified atom stereocenters. The molecule has 1 N–H and O–H groups in total. The van der Waals surface area contributed by atoms with Gasteiger partial charge in [0.2, 0.25) is 0 Å². The summed E-state index contributed by atoms with van der Waals surface area (Å²) in [6, 6.07) is 1.54. The number of nitrogens with zero attached hydrogens (tertiary/aromatic N) is 1. The fraction of sp³-hybridized carbons (Fsp3) is 1.00. The first kappa shape index (κ1) is 14.3. The Morgan fingerprint density at radius 2 is 2.17 bits per heavy atom. The smallest absolute Gasteiger partial charge is 0.0589 e. The van der Waals surface area contributed by atoms with Crippen LogP contribution in [0, 0.1) is 5.92 Å². The maximum Gasteiger partial charge on any atom is 0.0589 e. The minimum Gasteiger partial charge on any atom is -0.383 e. The van der Waals surface area contributed by atoms with Gasteiger partial charge in [0.25, 0.3) is 0 Å². The van der Waals surface area contributed by atoms with Crippen LogP contribution in [0.4, 0.5) is 0 Å². The van der Waals surface area contributed by atoms with Crippen LogP contribution in [0.15, 0.2) is 0 Å². The van der Waals surface area contributed by atoms with E-state index in [4.69, 9.17) is 4.74 Å². The standard InChI is InChI=1S/C15H30N2O/c1-3-13-6-7-15(11-13)17(9-10-18-2)12-14-5-4-8-16-14/h13-16H,3-12H2,1-2H3. The van der Waals surface area contributed by atoms with Crippen molar-refractivity contribution in [3.8, 4) is 0 Å². The van der Waals surface area contributed by atoms with E-state index in [1.807, 2.05) is 7.11 Å². The van der Waals surface area contributed by atoms with Crippen molar-refractivity contribution in [3.05, 3.63) is 0 Å². The Labute approximate surface area is 112 Å². The van der Waals surface area contributed by atoms with Crippen LogP contribution in [-0.4, -0.2) is 50.3 Å². The molecular weight excluding hydrogens is 224 g/mol. The molecule has 0 radical (unpaired) electrons. The van der Waals surface area contributed by atoms with Gasteiger partial charge in [-0.25, -0.2) is 0 Å². The van der Waals surface area contributed by atoms with Gasteiger partial charge in [0, 0.05) is 32.3 Å². The van der Waals surface area contributed by atoms with E-state index < -0.39 is 0 Å². The lowest BCUT2D eigenvalue weighted by molar-refractivity contribution is 0.112. The summed E-state index contributed by atoms with van der Waals surface area (Å²) in [5.41, 5.74) is 0. The van der Waals surface area contributed by atoms with Crippen LogP contribution in [0.2, 0.25) is 0 Å². The lowest BCUT2D eigenvalue weighted by atomic mass is 10.0. The lowest BCUT2D eigenvalue weighted by Crippen LogP contribution is -2.44. The zero-order chi connectivity index (χ0) is 12.8. The van der Waals surface area contributed by atoms with E-state index in [0.717, 1.165) is 31.2 Å². The summed E-state index contributed by atoms with van der Waals surface area (Å²) in [4.78, 5) is 2.70. The monoisotopic (exact) mass is 254 g/mol. The van der Waals surface area contributed by atoms with Gasteiger partial charge in [-0.15, -0.1) is 0 Å². The lowest BCUT2D eigenvalue weighted by Gasteiger charge is -2.31. The third-order valence-electron chi connectivity index (χ3n) is 4.81. The van der Waals surface area contributed by atoms with Crippen LogP contribution in [0.3, 0.4) is 0 Å². The van der Waals surface area contributed by atoms with Crippen LogP contribution < -0.4 is 5.32 Å². The quantitative estimate of drug-likeness (QED) is 0.754. The highest BCUT2D eigenvalue weighted by Crippen LogP contribution is 2.31. The second-order valence-corrected chi connectivity index (χ2v) is 6.02. The molecule has 2 fully saturated rings. The highest BCUT2D eigenvalue weighted by atomic mass is 16.5. The van der Waals surface area contributed by atoms with Gasteiger partial charge in [-0.3, -0.25) is 4.90 Å². The van der Waals surface area contributed by atoms with Gasteiger partial charge in [-0.05, 0) is 44.6 Å². The average Bonchev–Trinajstić information content (AvgIpc) is 3.05. The summed E-state index contributed by atoms with van der Waals surface area (Å²) in [6.45, 7) is 6.76. The van der Waals surface area contributed by atoms with Crippen molar-refractivity contribution in [2.75, 3.05) is 33.4 Å². The van der Waals surface area contributed by atoms with E-state index >= 15 is 0 Å². The molecule has 1 saturated carbocycles. The molecule has 106 valence electrons. The second-order valence-electron chi connectivity index (χ2n) is 6.02. The Hall–Kier alpha value is -0.120. The zero-order valence-corrected chi connectivity index (χ0v) is 12.2. The molecule has 3 nitrogen and oxygen atoms in total. The summed E-state index contributed by atoms with van der Waals surface area (Å²) in [6.07, 6.45) is 8.30. The number of nitrogens with one attached hydrogen (secondary N) is 1. The number of rotatable bonds is 7. The van der Waals surface area contributed by atoms with Crippen molar-refractivity contribution in [2.45, 2.75) is 57.5 Å². The number of hydrogen-bond donors (Lipinski definition) is 1. The van der Waals surface area contributed by atoms with Crippen LogP contribution in [0.5, 0.6) is 0 Å². The van der Waals surface area contributed by atoms with E-state index in [1.165, 1.54) is 51.6 Å². The maximum atomic E-state index is 5.29. The average molecular weight is 254 g/mol. The van der Waals surface area contributed by atoms with Crippen molar-refractivity contribution in [1.29, 1.82) is 0 Å². The third-order valence-corrected chi connectivity index (χ3v) is 4.81. The Bertz CT molecular complexity index is 229. The van der Waals surface area contributed by atoms with Gasteiger partial charge >= 0.3 is 0 Å². The topological polar surface area (TPSA) is 24.5 Å². The highest BCUT2D eigenvalue weighted by Gasteiger charge is 2.29. The molecule has 0 aromatic carbocycles. The molecule has 0 amide bonds. The van der Waals surface area contributed by atoms with E-state index in [0.29, 0.717) is 0 Å². The van der Waals surface area contributed by atoms with E-state index in [-0.39, 0.29) is 0 Å². The van der Waals surface area contributed by atoms with Crippen molar-refractivity contribution < 1.29 is 4.74 Å². The Morgan fingerprint density at radius 3 is 2.78 bits per heavy atom. The predicted octanol–water partition coefficient (Wildman–Crippen LogP) is 2.27. The van der Waals surface area contributed by atoms with Crippen LogP contribution in [0.1, 0.15) is 45.4 Å². The Morgan fingerprint density at radius 1 is 1.28 bits per heavy atom. The van der Waals surface area contributed by atoms with Gasteiger partial charge < -0.3 is 10.1 Å². The van der Waals surface area contributed by atoms with E-state index in [9.17, 15) is 0 Å². The Balaban J connectivity index is 1.83. The van der Waals surface area contributed by atoms with E-state index in [2.05, 4.69) is 17.1 Å². The van der Waals surface area contributed by atoms with Crippen molar-refractivity contribution in [2.24, 2.45) is 5.92 Å². The largest absolute Gasteiger partial charge is 0.383 e. The SMILES string of the molecule is CCC1CCC(N(CCOC)CC2CCCN2)C1. The molecular formula is C15H30N2O. The molecule has 0 bridgehead atoms. The first-order valence-electron chi connectivity index (χ1n) is 7.79. The molecule has 1 heterocycles. The first-order valence-corrected chi connectivity index (χ1v) is 7.79. The predicted molar refractivity (Wildman–Crippen MR) is 75.9 cm³/mol. The van der Waals surface area contributed by atoms with Gasteiger partial charge in [0.1, 0.15) is 0 Å². The normalized spacial score (nSPS) is 32.5. The van der Waals surface area contributed by atoms with Gasteiger partial charge in [0.15, 0.2) is 0 Å². The molecule has 3 heteroatoms. The molecule has 18 heavy (non-hydrogen) atoms. The number of hydrogen-bond acceptors (Lipinski definition) is 3. The molecule has 1 aliphatic heterocycles. The molecule has 3 atom stereocenters. The first-order chi connectivity index (χ1) is 8.83. The fourth-order valence-electron chi connectivity index (χ4n) is 3.58. The summed E-state index contributed by atoms with van der Waals surface area (Å²) < 4.78 is 5.29. The van der Waals surface area contributed by atoms with Crippen LogP contribution in [-0.2, 0) is 4.74 Å². The van der Waals surface area contributed by atoms with Gasteiger partial charge in [-0.1, -0.05) is 13.3 Å². The van der Waals surface area contributed by atoms with Crippen molar-refractivity contribution in [3.63, 3.8) is 0 Å². The fourth-order valence-corrected chi connectivity index (χ4v) is 3.58. The summed E-state index contributed by atoms with van der Waals surface area (Å²) in [5, 5.41) is 3.63. The molecule has 0 spiro atoms. The maximum absolute atomic E-state index is 5.29. The Kier molecular flexibility index (Phi) is 5.93. The zero-order valence-electron chi connectivity index (χ0n) is 12.2. The molecule has 1 aliphatic carbocycles. The second kappa shape index (κ2) is 7.46. The minimum absolute atomic E-state index is 0.725. The summed E-state index contributed by atoms with van der Waals surface area (Å²) >= 11 is 0. The molecule has 2 aliphatic rings. The van der Waals surface area contributed by atoms with E-state index in [1.54, 1.807) is 0 Å². The summed E-state index contributed by atoms with van der Waals surface area (Å²) in [7, 11) is 1.81. The molecule has 2 rings (SSSR count). The third kappa shape index (κ3) is 3.94. The minimum atomic E-state index is 0.725. The van der Waals surface area contributed by atoms with Crippen LogP contribution in [0.25, 0.3) is 0 Å². The number of ether oxygens (including phenoxy) is 1. The number of methoxy groups -OCH3 is 1. The highest BCUT2D eigenvalue weighted by molar-refractivity contribution is 4.86. The molecule has 1 saturated heterocycles. The van der Waals surface area contributed by atoms with Crippen LogP contribution >= 0.6 is 0 Å². The van der Waals surface area contributed by atoms with Crippen molar-refractivity contribution >= 4 is 0 Å². The van der Waals surface area contributed by atoms with Gasteiger partial charge in [-0.2, -0.15) is 0 Å². The molecule has 0 aromatic heterocycles. The van der Waals surface area contributed by atoms with Crippen molar-refractivity contribution in [1.82, 2.24) is 10.2 Å².